The summed E-state index contributed by atoms with van der Waals surface area (Å²) in [6.45, 7) is 6.59. The van der Waals surface area contributed by atoms with Gasteiger partial charge in [-0.3, -0.25) is 4.99 Å². The van der Waals surface area contributed by atoms with Crippen LogP contribution in [0.1, 0.15) is 18.3 Å². The van der Waals surface area contributed by atoms with Crippen molar-refractivity contribution in [2.75, 3.05) is 38.1 Å². The first-order chi connectivity index (χ1) is 12.2. The molecule has 1 aliphatic heterocycles. The fourth-order valence-electron chi connectivity index (χ4n) is 2.79. The van der Waals surface area contributed by atoms with E-state index in [4.69, 9.17) is 0 Å². The van der Waals surface area contributed by atoms with Gasteiger partial charge in [-0.25, -0.2) is 4.98 Å². The van der Waals surface area contributed by atoms with Crippen LogP contribution in [0.25, 0.3) is 0 Å². The van der Waals surface area contributed by atoms with Gasteiger partial charge in [-0.1, -0.05) is 35.0 Å². The highest BCUT2D eigenvalue weighted by Crippen LogP contribution is 2.19. The molecule has 1 aromatic heterocycles. The summed E-state index contributed by atoms with van der Waals surface area (Å²) < 4.78 is 5.48. The average molecular weight is 423 g/mol. The van der Waals surface area contributed by atoms with Crippen molar-refractivity contribution in [3.63, 3.8) is 0 Å². The van der Waals surface area contributed by atoms with E-state index >= 15 is 0 Å². The Morgan fingerprint density at radius 3 is 2.76 bits per heavy atom. The molecule has 0 unspecified atom stereocenters. The third kappa shape index (κ3) is 4.70. The molecule has 6 nitrogen and oxygen atoms in total. The van der Waals surface area contributed by atoms with Gasteiger partial charge in [-0.15, -0.1) is 0 Å². The van der Waals surface area contributed by atoms with Gasteiger partial charge in [-0.2, -0.15) is 4.37 Å². The van der Waals surface area contributed by atoms with E-state index in [0.29, 0.717) is 0 Å². The number of guanidine groups is 1. The van der Waals surface area contributed by atoms with Crippen molar-refractivity contribution >= 4 is 38.6 Å². The Morgan fingerprint density at radius 2 is 2.12 bits per heavy atom. The molecular weight excluding hydrogens is 400 g/mol. The van der Waals surface area contributed by atoms with E-state index in [9.17, 15) is 0 Å². The van der Waals surface area contributed by atoms with Crippen molar-refractivity contribution in [3.05, 3.63) is 40.1 Å². The fraction of sp³-hybridized carbons (Fsp3) is 0.471. The van der Waals surface area contributed by atoms with E-state index in [0.717, 1.165) is 60.5 Å². The Morgan fingerprint density at radius 1 is 1.32 bits per heavy atom. The second-order valence-corrected chi connectivity index (χ2v) is 7.50. The first-order valence-corrected chi connectivity index (χ1v) is 10.0. The second-order valence-electron chi connectivity index (χ2n) is 5.85. The largest absolute Gasteiger partial charge is 0.352 e. The van der Waals surface area contributed by atoms with E-state index in [2.05, 4.69) is 70.5 Å². The van der Waals surface area contributed by atoms with Crippen LogP contribution in [0.2, 0.25) is 0 Å². The predicted molar refractivity (Wildman–Crippen MR) is 107 cm³/mol. The zero-order valence-electron chi connectivity index (χ0n) is 14.6. The van der Waals surface area contributed by atoms with Gasteiger partial charge < -0.3 is 15.1 Å². The summed E-state index contributed by atoms with van der Waals surface area (Å²) in [5.41, 5.74) is 1.23. The minimum atomic E-state index is 0.766. The number of aliphatic imine (C=N–C) groups is 1. The lowest BCUT2D eigenvalue weighted by Crippen LogP contribution is -2.52. The molecule has 2 heterocycles. The number of nitrogens with one attached hydrogen (secondary N) is 1. The van der Waals surface area contributed by atoms with Gasteiger partial charge in [-0.05, 0) is 17.7 Å². The van der Waals surface area contributed by atoms with E-state index < -0.39 is 0 Å². The molecule has 3 rings (SSSR count). The standard InChI is InChI=1S/C17H23BrN6S/c1-3-15-21-17(25-22-15)24-9-7-23(8-10-24)16(19-2)20-12-13-5-4-6-14(18)11-13/h4-6,11H,3,7-10,12H2,1-2H3,(H,19,20). The highest BCUT2D eigenvalue weighted by molar-refractivity contribution is 9.10. The molecule has 1 aromatic carbocycles. The lowest BCUT2D eigenvalue weighted by Gasteiger charge is -2.36. The summed E-state index contributed by atoms with van der Waals surface area (Å²) in [5, 5.41) is 4.50. The highest BCUT2D eigenvalue weighted by Gasteiger charge is 2.21. The molecule has 1 fully saturated rings. The maximum Gasteiger partial charge on any atom is 0.205 e. The van der Waals surface area contributed by atoms with Crippen molar-refractivity contribution in [3.8, 4) is 0 Å². The summed E-state index contributed by atoms with van der Waals surface area (Å²) >= 11 is 5.02. The van der Waals surface area contributed by atoms with Crippen molar-refractivity contribution in [2.24, 2.45) is 4.99 Å². The predicted octanol–water partition coefficient (Wildman–Crippen LogP) is 2.76. The summed E-state index contributed by atoms with van der Waals surface area (Å²) in [4.78, 5) is 13.6. The van der Waals surface area contributed by atoms with Crippen molar-refractivity contribution in [2.45, 2.75) is 19.9 Å². The molecule has 0 aliphatic carbocycles. The Bertz CT molecular complexity index is 723. The van der Waals surface area contributed by atoms with E-state index in [1.54, 1.807) is 0 Å². The number of hydrogen-bond donors (Lipinski definition) is 1. The molecule has 0 bridgehead atoms. The Labute approximate surface area is 161 Å². The van der Waals surface area contributed by atoms with Crippen LogP contribution >= 0.6 is 27.5 Å². The number of halogens is 1. The first kappa shape index (κ1) is 18.1. The summed E-state index contributed by atoms with van der Waals surface area (Å²) in [6, 6.07) is 8.33. The minimum Gasteiger partial charge on any atom is -0.352 e. The topological polar surface area (TPSA) is 56.7 Å². The number of nitrogens with zero attached hydrogens (tertiary/aromatic N) is 5. The van der Waals surface area contributed by atoms with Crippen molar-refractivity contribution in [1.82, 2.24) is 19.6 Å². The Kier molecular flexibility index (Phi) is 6.25. The number of rotatable bonds is 4. The van der Waals surface area contributed by atoms with Crippen molar-refractivity contribution < 1.29 is 0 Å². The van der Waals surface area contributed by atoms with Crippen LogP contribution in [-0.2, 0) is 13.0 Å². The number of piperazine rings is 1. The Hall–Kier alpha value is -1.67. The number of aromatic nitrogens is 2. The van der Waals surface area contributed by atoms with Gasteiger partial charge in [0, 0.05) is 62.2 Å². The maximum absolute atomic E-state index is 4.59. The summed E-state index contributed by atoms with van der Waals surface area (Å²) in [5.74, 6) is 1.89. The van der Waals surface area contributed by atoms with Gasteiger partial charge in [0.15, 0.2) is 5.96 Å². The van der Waals surface area contributed by atoms with Crippen LogP contribution in [0.5, 0.6) is 0 Å². The van der Waals surface area contributed by atoms with Crippen molar-refractivity contribution in [1.29, 1.82) is 0 Å². The van der Waals surface area contributed by atoms with Crippen LogP contribution < -0.4 is 10.2 Å². The summed E-state index contributed by atoms with van der Waals surface area (Å²) in [7, 11) is 1.84. The molecule has 25 heavy (non-hydrogen) atoms. The molecule has 0 amide bonds. The van der Waals surface area contributed by atoms with Gasteiger partial charge in [0.05, 0.1) is 0 Å². The second kappa shape index (κ2) is 8.62. The van der Waals surface area contributed by atoms with Crippen LogP contribution in [0, 0.1) is 0 Å². The zero-order valence-corrected chi connectivity index (χ0v) is 17.0. The van der Waals surface area contributed by atoms with Crippen LogP contribution in [0.15, 0.2) is 33.7 Å². The van der Waals surface area contributed by atoms with Gasteiger partial charge >= 0.3 is 0 Å². The molecule has 0 atom stereocenters. The number of benzene rings is 1. The van der Waals surface area contributed by atoms with E-state index in [1.807, 2.05) is 13.1 Å². The lowest BCUT2D eigenvalue weighted by atomic mass is 10.2. The normalized spacial score (nSPS) is 15.6. The minimum absolute atomic E-state index is 0.766. The lowest BCUT2D eigenvalue weighted by molar-refractivity contribution is 0.372. The van der Waals surface area contributed by atoms with Crippen LogP contribution in [-0.4, -0.2) is 53.4 Å². The van der Waals surface area contributed by atoms with E-state index in [-0.39, 0.29) is 0 Å². The monoisotopic (exact) mass is 422 g/mol. The SMILES string of the molecule is CCc1nsc(N2CCN(C(=NC)NCc3cccc(Br)c3)CC2)n1. The average Bonchev–Trinajstić information content (AvgIpc) is 3.12. The summed E-state index contributed by atoms with van der Waals surface area (Å²) in [6.07, 6.45) is 0.891. The highest BCUT2D eigenvalue weighted by atomic mass is 79.9. The third-order valence-corrected chi connectivity index (χ3v) is 5.48. The number of anilines is 1. The Balaban J connectivity index is 1.53. The molecule has 0 saturated carbocycles. The van der Waals surface area contributed by atoms with Crippen LogP contribution in [0.3, 0.4) is 0 Å². The molecule has 2 aromatic rings. The molecule has 1 aliphatic rings. The van der Waals surface area contributed by atoms with Gasteiger partial charge in [0.25, 0.3) is 0 Å². The molecule has 1 N–H and O–H groups in total. The maximum atomic E-state index is 4.59. The zero-order chi connectivity index (χ0) is 17.6. The molecule has 0 spiro atoms. The molecule has 134 valence electrons. The van der Waals surface area contributed by atoms with Gasteiger partial charge in [0.2, 0.25) is 5.13 Å². The van der Waals surface area contributed by atoms with Crippen LogP contribution in [0.4, 0.5) is 5.13 Å². The number of hydrogen-bond acceptors (Lipinski definition) is 5. The van der Waals surface area contributed by atoms with Gasteiger partial charge in [0.1, 0.15) is 5.82 Å². The third-order valence-electron chi connectivity index (χ3n) is 4.17. The molecule has 8 heteroatoms. The fourth-order valence-corrected chi connectivity index (χ4v) is 4.03. The van der Waals surface area contributed by atoms with E-state index in [1.165, 1.54) is 17.1 Å². The molecule has 0 radical (unpaired) electrons. The molecular formula is C17H23BrN6S. The quantitative estimate of drug-likeness (QED) is 0.606. The molecule has 1 saturated heterocycles. The first-order valence-electron chi connectivity index (χ1n) is 8.47. The number of aryl methyl sites for hydroxylation is 1. The smallest absolute Gasteiger partial charge is 0.205 e.